The number of hydrogen-bond donors (Lipinski definition) is 1. The summed E-state index contributed by atoms with van der Waals surface area (Å²) in [5, 5.41) is 11.6. The molecule has 0 spiro atoms. The first-order chi connectivity index (χ1) is 11.6. The maximum atomic E-state index is 10.7. The van der Waals surface area contributed by atoms with Crippen LogP contribution in [0.15, 0.2) is 48.5 Å². The summed E-state index contributed by atoms with van der Waals surface area (Å²) in [5.41, 5.74) is 2.37. The largest absolute Gasteiger partial charge is 0.360 e. The molecule has 2 aromatic carbocycles. The average Bonchev–Trinajstić information content (AvgIpc) is 2.62. The first kappa shape index (κ1) is 16.7. The Labute approximate surface area is 146 Å². The summed E-state index contributed by atoms with van der Waals surface area (Å²) in [6.45, 7) is 6.12. The third kappa shape index (κ3) is 3.52. The van der Waals surface area contributed by atoms with Crippen molar-refractivity contribution in [2.24, 2.45) is 0 Å². The average molecular weight is 347 g/mol. The van der Waals surface area contributed by atoms with Crippen molar-refractivity contribution in [1.82, 2.24) is 0 Å². The van der Waals surface area contributed by atoms with Gasteiger partial charge in [0, 0.05) is 28.4 Å². The molecule has 1 heterocycles. The van der Waals surface area contributed by atoms with Gasteiger partial charge in [-0.15, -0.1) is 0 Å². The first-order valence-electron chi connectivity index (χ1n) is 8.14. The number of halogens is 1. The zero-order chi connectivity index (χ0) is 17.1. The van der Waals surface area contributed by atoms with Crippen molar-refractivity contribution in [2.45, 2.75) is 13.0 Å². The standard InChI is InChI=1S/C18H20ClN3O2/c1-14(17-4-2-3-5-18(17)19)20-10-12-21(13-11-20)15-6-8-16(9-7-15)22(23)24/h2-9,14H,10-13H2,1H3/p+1/t14-/m1/s1. The Kier molecular flexibility index (Phi) is 5.02. The lowest BCUT2D eigenvalue weighted by Crippen LogP contribution is -3.14. The van der Waals surface area contributed by atoms with Gasteiger partial charge in [-0.3, -0.25) is 10.1 Å². The Hall–Kier alpha value is -2.11. The minimum Gasteiger partial charge on any atom is -0.360 e. The normalized spacial score (nSPS) is 16.8. The summed E-state index contributed by atoms with van der Waals surface area (Å²) < 4.78 is 0. The number of nitrogens with one attached hydrogen (secondary N) is 1. The number of hydrogen-bond acceptors (Lipinski definition) is 3. The van der Waals surface area contributed by atoms with Gasteiger partial charge in [0.05, 0.1) is 31.1 Å². The smallest absolute Gasteiger partial charge is 0.269 e. The van der Waals surface area contributed by atoms with Gasteiger partial charge in [0.1, 0.15) is 6.04 Å². The molecule has 1 N–H and O–H groups in total. The number of quaternary nitrogens is 1. The van der Waals surface area contributed by atoms with E-state index in [1.807, 2.05) is 30.3 Å². The van der Waals surface area contributed by atoms with Gasteiger partial charge in [-0.05, 0) is 25.1 Å². The zero-order valence-electron chi connectivity index (χ0n) is 13.6. The minimum absolute atomic E-state index is 0.135. The molecule has 6 heteroatoms. The summed E-state index contributed by atoms with van der Waals surface area (Å²) in [5.74, 6) is 0. The fourth-order valence-electron chi connectivity index (χ4n) is 3.32. The molecule has 1 aliphatic heterocycles. The molecule has 1 aliphatic rings. The van der Waals surface area contributed by atoms with Crippen molar-refractivity contribution in [3.63, 3.8) is 0 Å². The Bertz CT molecular complexity index is 712. The Morgan fingerprint density at radius 2 is 1.75 bits per heavy atom. The SMILES string of the molecule is C[C@H](c1ccccc1Cl)[NH+]1CCN(c2ccc([N+](=O)[O-])cc2)CC1. The molecule has 0 aliphatic carbocycles. The van der Waals surface area contributed by atoms with Crippen LogP contribution in [0.5, 0.6) is 0 Å². The van der Waals surface area contributed by atoms with E-state index in [-0.39, 0.29) is 10.6 Å². The zero-order valence-corrected chi connectivity index (χ0v) is 14.4. The summed E-state index contributed by atoms with van der Waals surface area (Å²) in [7, 11) is 0. The van der Waals surface area contributed by atoms with Crippen LogP contribution in [0, 0.1) is 10.1 Å². The lowest BCUT2D eigenvalue weighted by atomic mass is 10.1. The monoisotopic (exact) mass is 346 g/mol. The van der Waals surface area contributed by atoms with E-state index in [1.165, 1.54) is 10.5 Å². The van der Waals surface area contributed by atoms with Crippen molar-refractivity contribution < 1.29 is 9.82 Å². The van der Waals surface area contributed by atoms with Crippen molar-refractivity contribution >= 4 is 23.0 Å². The fraction of sp³-hybridized carbons (Fsp3) is 0.333. The molecule has 3 rings (SSSR count). The van der Waals surface area contributed by atoms with Crippen LogP contribution in [0.4, 0.5) is 11.4 Å². The van der Waals surface area contributed by atoms with Crippen LogP contribution < -0.4 is 9.80 Å². The third-order valence-corrected chi connectivity index (χ3v) is 5.16. The summed E-state index contributed by atoms with van der Waals surface area (Å²) >= 11 is 6.32. The molecule has 126 valence electrons. The number of nitrogens with zero attached hydrogens (tertiary/aromatic N) is 2. The van der Waals surface area contributed by atoms with Gasteiger partial charge in [-0.25, -0.2) is 0 Å². The summed E-state index contributed by atoms with van der Waals surface area (Å²) in [6.07, 6.45) is 0. The van der Waals surface area contributed by atoms with Crippen LogP contribution in [0.25, 0.3) is 0 Å². The first-order valence-corrected chi connectivity index (χ1v) is 8.52. The quantitative estimate of drug-likeness (QED) is 0.684. The molecule has 0 saturated carbocycles. The maximum absolute atomic E-state index is 10.7. The predicted octanol–water partition coefficient (Wildman–Crippen LogP) is 2.71. The number of benzene rings is 2. The van der Waals surface area contributed by atoms with Crippen LogP contribution in [0.1, 0.15) is 18.5 Å². The molecule has 24 heavy (non-hydrogen) atoms. The van der Waals surface area contributed by atoms with E-state index in [1.54, 1.807) is 12.1 Å². The van der Waals surface area contributed by atoms with Crippen molar-refractivity contribution in [1.29, 1.82) is 0 Å². The Morgan fingerprint density at radius 3 is 2.33 bits per heavy atom. The highest BCUT2D eigenvalue weighted by Gasteiger charge is 2.26. The number of nitro benzene ring substituents is 1. The molecular weight excluding hydrogens is 326 g/mol. The molecule has 1 fully saturated rings. The molecule has 2 aromatic rings. The van der Waals surface area contributed by atoms with E-state index in [0.29, 0.717) is 6.04 Å². The summed E-state index contributed by atoms with van der Waals surface area (Å²) in [6, 6.07) is 15.2. The number of nitro groups is 1. The second-order valence-corrected chi connectivity index (χ2v) is 6.57. The molecule has 0 radical (unpaired) electrons. The van der Waals surface area contributed by atoms with Gasteiger partial charge in [-0.1, -0.05) is 29.8 Å². The highest BCUT2D eigenvalue weighted by Crippen LogP contribution is 2.22. The van der Waals surface area contributed by atoms with E-state index in [0.717, 1.165) is 36.9 Å². The van der Waals surface area contributed by atoms with Crippen molar-refractivity contribution in [3.05, 3.63) is 69.2 Å². The van der Waals surface area contributed by atoms with Crippen molar-refractivity contribution in [2.75, 3.05) is 31.1 Å². The highest BCUT2D eigenvalue weighted by molar-refractivity contribution is 6.31. The second kappa shape index (κ2) is 7.20. The lowest BCUT2D eigenvalue weighted by molar-refractivity contribution is -0.930. The summed E-state index contributed by atoms with van der Waals surface area (Å²) in [4.78, 5) is 14.2. The van der Waals surface area contributed by atoms with E-state index < -0.39 is 0 Å². The van der Waals surface area contributed by atoms with Crippen LogP contribution in [-0.4, -0.2) is 31.1 Å². The van der Waals surface area contributed by atoms with Gasteiger partial charge >= 0.3 is 0 Å². The predicted molar refractivity (Wildman–Crippen MR) is 95.9 cm³/mol. The number of rotatable bonds is 4. The molecule has 0 unspecified atom stereocenters. The van der Waals surface area contributed by atoms with Gasteiger partial charge < -0.3 is 9.80 Å². The minimum atomic E-state index is -0.364. The van der Waals surface area contributed by atoms with Gasteiger partial charge in [0.25, 0.3) is 5.69 Å². The molecule has 0 amide bonds. The van der Waals surface area contributed by atoms with Gasteiger partial charge in [-0.2, -0.15) is 0 Å². The number of non-ortho nitro benzene ring substituents is 1. The Balaban J connectivity index is 1.63. The maximum Gasteiger partial charge on any atom is 0.269 e. The highest BCUT2D eigenvalue weighted by atomic mass is 35.5. The number of piperazine rings is 1. The molecule has 1 saturated heterocycles. The molecule has 1 atom stereocenters. The van der Waals surface area contributed by atoms with E-state index in [9.17, 15) is 10.1 Å². The van der Waals surface area contributed by atoms with Gasteiger partial charge in [0.2, 0.25) is 0 Å². The van der Waals surface area contributed by atoms with Crippen LogP contribution in [0.3, 0.4) is 0 Å². The van der Waals surface area contributed by atoms with Crippen molar-refractivity contribution in [3.8, 4) is 0 Å². The van der Waals surface area contributed by atoms with E-state index in [4.69, 9.17) is 11.6 Å². The lowest BCUT2D eigenvalue weighted by Gasteiger charge is -2.36. The molecule has 0 aromatic heterocycles. The second-order valence-electron chi connectivity index (χ2n) is 6.16. The number of anilines is 1. The Morgan fingerprint density at radius 1 is 1.12 bits per heavy atom. The molecule has 5 nitrogen and oxygen atoms in total. The van der Waals surface area contributed by atoms with E-state index in [2.05, 4.69) is 17.9 Å². The molecule has 0 bridgehead atoms. The van der Waals surface area contributed by atoms with Crippen LogP contribution in [-0.2, 0) is 0 Å². The fourth-order valence-corrected chi connectivity index (χ4v) is 3.62. The van der Waals surface area contributed by atoms with Gasteiger partial charge in [0.15, 0.2) is 0 Å². The topological polar surface area (TPSA) is 50.8 Å². The molecular formula is C18H21ClN3O2+. The van der Waals surface area contributed by atoms with E-state index >= 15 is 0 Å². The van der Waals surface area contributed by atoms with Crippen LogP contribution in [0.2, 0.25) is 5.02 Å². The third-order valence-electron chi connectivity index (χ3n) is 4.82. The van der Waals surface area contributed by atoms with Crippen LogP contribution >= 0.6 is 11.6 Å².